The van der Waals surface area contributed by atoms with E-state index in [1.807, 2.05) is 12.1 Å². The molecule has 31 heavy (non-hydrogen) atoms. The molecule has 3 rings (SSSR count). The molecular formula is C23H23F2N3O3. The van der Waals surface area contributed by atoms with E-state index < -0.39 is 6.61 Å². The Morgan fingerprint density at radius 1 is 1.10 bits per heavy atom. The number of methoxy groups -OCH3 is 1. The van der Waals surface area contributed by atoms with Crippen molar-refractivity contribution in [3.05, 3.63) is 59.7 Å². The highest BCUT2D eigenvalue weighted by Crippen LogP contribution is 2.30. The Morgan fingerprint density at radius 3 is 2.55 bits per heavy atom. The van der Waals surface area contributed by atoms with Gasteiger partial charge in [0.05, 0.1) is 18.7 Å². The van der Waals surface area contributed by atoms with Gasteiger partial charge in [-0.15, -0.1) is 0 Å². The summed E-state index contributed by atoms with van der Waals surface area (Å²) in [6.45, 7) is -0.210. The van der Waals surface area contributed by atoms with Crippen LogP contribution in [0.5, 0.6) is 11.5 Å². The molecule has 0 bridgehead atoms. The van der Waals surface area contributed by atoms with Gasteiger partial charge in [0.1, 0.15) is 0 Å². The molecule has 0 spiro atoms. The number of benzene rings is 2. The number of halogens is 2. The lowest BCUT2D eigenvalue weighted by atomic mass is 10.2. The number of nitriles is 1. The third-order valence-corrected chi connectivity index (χ3v) is 4.99. The van der Waals surface area contributed by atoms with Gasteiger partial charge in [-0.3, -0.25) is 4.79 Å². The number of hydrogen-bond acceptors (Lipinski definition) is 5. The zero-order valence-electron chi connectivity index (χ0n) is 17.1. The highest BCUT2D eigenvalue weighted by molar-refractivity contribution is 5.92. The van der Waals surface area contributed by atoms with E-state index in [4.69, 9.17) is 10.00 Å². The monoisotopic (exact) mass is 427 g/mol. The van der Waals surface area contributed by atoms with E-state index in [1.54, 1.807) is 29.2 Å². The second-order valence-corrected chi connectivity index (χ2v) is 6.95. The first-order valence-corrected chi connectivity index (χ1v) is 9.85. The number of carbonyl (C=O) groups is 1. The standard InChI is InChI=1S/C23H23F2N3O3/c1-30-21-15-17(5-9-20(21)31-23(24)25)6-10-22(29)28-12-2-11-27(13-14-28)19-7-3-18(16-26)4-8-19/h3-10,15,23H,2,11-14H2,1H3/b10-6+. The number of anilines is 1. The van der Waals surface area contributed by atoms with Crippen LogP contribution in [0.25, 0.3) is 6.08 Å². The van der Waals surface area contributed by atoms with Gasteiger partial charge < -0.3 is 19.3 Å². The number of rotatable bonds is 6. The molecule has 1 aliphatic heterocycles. The predicted octanol–water partition coefficient (Wildman–Crippen LogP) is 3.92. The summed E-state index contributed by atoms with van der Waals surface area (Å²) in [6.07, 6.45) is 3.92. The molecule has 0 N–H and O–H groups in total. The number of nitrogens with zero attached hydrogens (tertiary/aromatic N) is 3. The van der Waals surface area contributed by atoms with Gasteiger partial charge in [0.15, 0.2) is 11.5 Å². The second-order valence-electron chi connectivity index (χ2n) is 6.95. The van der Waals surface area contributed by atoms with E-state index in [0.29, 0.717) is 30.8 Å². The number of carbonyl (C=O) groups excluding carboxylic acids is 1. The summed E-state index contributed by atoms with van der Waals surface area (Å²) in [6, 6.07) is 14.0. The summed E-state index contributed by atoms with van der Waals surface area (Å²) >= 11 is 0. The average Bonchev–Trinajstić information content (AvgIpc) is 3.04. The molecule has 2 aromatic rings. The largest absolute Gasteiger partial charge is 0.493 e. The molecule has 1 aliphatic rings. The normalized spacial score (nSPS) is 14.4. The van der Waals surface area contributed by atoms with Crippen molar-refractivity contribution >= 4 is 17.7 Å². The van der Waals surface area contributed by atoms with E-state index in [0.717, 1.165) is 18.7 Å². The Kier molecular flexibility index (Phi) is 7.44. The maximum Gasteiger partial charge on any atom is 0.387 e. The minimum atomic E-state index is -2.94. The number of hydrogen-bond donors (Lipinski definition) is 0. The van der Waals surface area contributed by atoms with Gasteiger partial charge >= 0.3 is 6.61 Å². The van der Waals surface area contributed by atoms with Crippen LogP contribution < -0.4 is 14.4 Å². The molecule has 162 valence electrons. The van der Waals surface area contributed by atoms with Crippen LogP contribution in [-0.4, -0.2) is 50.7 Å². The van der Waals surface area contributed by atoms with E-state index in [-0.39, 0.29) is 17.4 Å². The van der Waals surface area contributed by atoms with Gasteiger partial charge in [-0.25, -0.2) is 0 Å². The minimum absolute atomic E-state index is 0.0589. The van der Waals surface area contributed by atoms with E-state index in [9.17, 15) is 13.6 Å². The molecule has 1 amide bonds. The number of amides is 1. The molecule has 1 fully saturated rings. The number of ether oxygens (including phenoxy) is 2. The smallest absolute Gasteiger partial charge is 0.387 e. The molecule has 0 aliphatic carbocycles. The molecule has 0 aromatic heterocycles. The highest BCUT2D eigenvalue weighted by atomic mass is 19.3. The Labute approximate surface area is 179 Å². The van der Waals surface area contributed by atoms with Crippen molar-refractivity contribution in [3.63, 3.8) is 0 Å². The van der Waals surface area contributed by atoms with Crippen molar-refractivity contribution < 1.29 is 23.0 Å². The fraction of sp³-hybridized carbons (Fsp3) is 0.304. The van der Waals surface area contributed by atoms with Crippen LogP contribution in [0, 0.1) is 11.3 Å². The van der Waals surface area contributed by atoms with Gasteiger partial charge in [0.2, 0.25) is 5.91 Å². The fourth-order valence-corrected chi connectivity index (χ4v) is 3.40. The zero-order valence-corrected chi connectivity index (χ0v) is 17.1. The summed E-state index contributed by atoms with van der Waals surface area (Å²) in [7, 11) is 1.36. The lowest BCUT2D eigenvalue weighted by Crippen LogP contribution is -2.34. The fourth-order valence-electron chi connectivity index (χ4n) is 3.40. The summed E-state index contributed by atoms with van der Waals surface area (Å²) in [5, 5.41) is 8.93. The van der Waals surface area contributed by atoms with Crippen LogP contribution in [0.2, 0.25) is 0 Å². The van der Waals surface area contributed by atoms with Gasteiger partial charge in [0.25, 0.3) is 0 Å². The van der Waals surface area contributed by atoms with Gasteiger partial charge in [0, 0.05) is 37.9 Å². The highest BCUT2D eigenvalue weighted by Gasteiger charge is 2.18. The van der Waals surface area contributed by atoms with Gasteiger partial charge in [-0.1, -0.05) is 6.07 Å². The first-order chi connectivity index (χ1) is 15.0. The number of alkyl halides is 2. The molecule has 0 saturated carbocycles. The van der Waals surface area contributed by atoms with E-state index >= 15 is 0 Å². The Morgan fingerprint density at radius 2 is 1.87 bits per heavy atom. The summed E-state index contributed by atoms with van der Waals surface area (Å²) in [5.74, 6) is -0.00679. The topological polar surface area (TPSA) is 65.8 Å². The van der Waals surface area contributed by atoms with Crippen molar-refractivity contribution in [2.45, 2.75) is 13.0 Å². The SMILES string of the molecule is COc1cc(/C=C/C(=O)N2CCCN(c3ccc(C#N)cc3)CC2)ccc1OC(F)F. The summed E-state index contributed by atoms with van der Waals surface area (Å²) in [5.41, 5.74) is 2.29. The molecule has 2 aromatic carbocycles. The maximum atomic E-state index is 12.6. The summed E-state index contributed by atoms with van der Waals surface area (Å²) in [4.78, 5) is 16.6. The third-order valence-electron chi connectivity index (χ3n) is 4.99. The van der Waals surface area contributed by atoms with Crippen LogP contribution in [0.1, 0.15) is 17.5 Å². The third kappa shape index (κ3) is 5.95. The molecule has 0 radical (unpaired) electrons. The van der Waals surface area contributed by atoms with Crippen molar-refractivity contribution in [1.29, 1.82) is 5.26 Å². The minimum Gasteiger partial charge on any atom is -0.493 e. The first kappa shape index (κ1) is 22.1. The second kappa shape index (κ2) is 10.4. The van der Waals surface area contributed by atoms with Crippen molar-refractivity contribution in [2.75, 3.05) is 38.2 Å². The van der Waals surface area contributed by atoms with Crippen LogP contribution in [0.3, 0.4) is 0 Å². The van der Waals surface area contributed by atoms with Crippen molar-refractivity contribution in [3.8, 4) is 17.6 Å². The lowest BCUT2D eigenvalue weighted by molar-refractivity contribution is -0.125. The molecule has 0 unspecified atom stereocenters. The molecule has 6 nitrogen and oxygen atoms in total. The van der Waals surface area contributed by atoms with Gasteiger partial charge in [-0.2, -0.15) is 14.0 Å². The summed E-state index contributed by atoms with van der Waals surface area (Å²) < 4.78 is 34.4. The molecule has 1 saturated heterocycles. The average molecular weight is 427 g/mol. The quantitative estimate of drug-likeness (QED) is 0.654. The molecule has 8 heteroatoms. The van der Waals surface area contributed by atoms with Crippen LogP contribution in [0.4, 0.5) is 14.5 Å². The molecule has 1 heterocycles. The van der Waals surface area contributed by atoms with Gasteiger partial charge in [-0.05, 0) is 54.5 Å². The Balaban J connectivity index is 1.61. The molecular weight excluding hydrogens is 404 g/mol. The predicted molar refractivity (Wildman–Crippen MR) is 113 cm³/mol. The van der Waals surface area contributed by atoms with E-state index in [1.165, 1.54) is 25.3 Å². The Bertz CT molecular complexity index is 971. The van der Waals surface area contributed by atoms with Crippen LogP contribution >= 0.6 is 0 Å². The maximum absolute atomic E-state index is 12.6. The molecule has 0 atom stereocenters. The zero-order chi connectivity index (χ0) is 22.2. The van der Waals surface area contributed by atoms with Crippen LogP contribution in [-0.2, 0) is 4.79 Å². The van der Waals surface area contributed by atoms with Crippen molar-refractivity contribution in [1.82, 2.24) is 4.90 Å². The van der Waals surface area contributed by atoms with E-state index in [2.05, 4.69) is 15.7 Å². The van der Waals surface area contributed by atoms with Crippen LogP contribution in [0.15, 0.2) is 48.5 Å². The Hall–Kier alpha value is -3.60. The van der Waals surface area contributed by atoms with Crippen molar-refractivity contribution in [2.24, 2.45) is 0 Å². The lowest BCUT2D eigenvalue weighted by Gasteiger charge is -2.23. The first-order valence-electron chi connectivity index (χ1n) is 9.85.